The van der Waals surface area contributed by atoms with Crippen LogP contribution >= 0.6 is 0 Å². The summed E-state index contributed by atoms with van der Waals surface area (Å²) in [5, 5.41) is 17.9. The minimum Gasteiger partial charge on any atom is -0.485 e. The lowest BCUT2D eigenvalue weighted by atomic mass is 9.92. The van der Waals surface area contributed by atoms with Crippen LogP contribution in [0.1, 0.15) is 38.3 Å². The topological polar surface area (TPSA) is 108 Å². The van der Waals surface area contributed by atoms with Crippen molar-refractivity contribution >= 4 is 11.5 Å². The third kappa shape index (κ3) is 3.79. The summed E-state index contributed by atoms with van der Waals surface area (Å²) in [4.78, 5) is 10.6. The molecule has 150 valence electrons. The van der Waals surface area contributed by atoms with E-state index in [1.54, 1.807) is 12.1 Å². The SMILES string of the molecule is CC1(OC2=C(F)CC(N)C(C(=N)c3cc(N4CC[C@@H](CO)C4)ncn3)=C2)CC1. The van der Waals surface area contributed by atoms with E-state index in [0.29, 0.717) is 11.3 Å². The number of hydrogen-bond donors (Lipinski definition) is 3. The van der Waals surface area contributed by atoms with Gasteiger partial charge >= 0.3 is 0 Å². The molecule has 1 unspecified atom stereocenters. The third-order valence-electron chi connectivity index (χ3n) is 5.73. The quantitative estimate of drug-likeness (QED) is 0.645. The van der Waals surface area contributed by atoms with E-state index in [1.807, 2.05) is 6.92 Å². The number of aromatic nitrogens is 2. The number of nitrogens with two attached hydrogens (primary N) is 1. The zero-order chi connectivity index (χ0) is 19.9. The van der Waals surface area contributed by atoms with Crippen molar-refractivity contribution in [3.05, 3.63) is 41.3 Å². The van der Waals surface area contributed by atoms with Gasteiger partial charge in [0.1, 0.15) is 23.6 Å². The standard InChI is InChI=1S/C20H26FN5O2/c1-20(3-4-20)28-17-6-13(15(22)7-14(17)21)19(23)16-8-18(25-11-24-16)26-5-2-12(9-26)10-27/h6,8,11-12,15,23,27H,2-5,7,9-10,22H2,1H3/t12-,15?/m1/s1. The Morgan fingerprint density at radius 3 is 2.93 bits per heavy atom. The van der Waals surface area contributed by atoms with E-state index in [1.165, 1.54) is 6.33 Å². The van der Waals surface area contributed by atoms with Gasteiger partial charge in [0.05, 0.1) is 11.4 Å². The number of halogens is 1. The highest BCUT2D eigenvalue weighted by molar-refractivity contribution is 6.10. The van der Waals surface area contributed by atoms with Crippen LogP contribution in [0.3, 0.4) is 0 Å². The predicted molar refractivity (Wildman–Crippen MR) is 104 cm³/mol. The van der Waals surface area contributed by atoms with Crippen molar-refractivity contribution in [2.75, 3.05) is 24.6 Å². The lowest BCUT2D eigenvalue weighted by molar-refractivity contribution is 0.110. The number of aliphatic hydroxyl groups excluding tert-OH is 1. The fourth-order valence-electron chi connectivity index (χ4n) is 3.61. The Morgan fingerprint density at radius 1 is 1.46 bits per heavy atom. The van der Waals surface area contributed by atoms with Gasteiger partial charge in [-0.3, -0.25) is 5.41 Å². The highest BCUT2D eigenvalue weighted by Gasteiger charge is 2.41. The van der Waals surface area contributed by atoms with Crippen molar-refractivity contribution in [3.8, 4) is 0 Å². The van der Waals surface area contributed by atoms with E-state index >= 15 is 0 Å². The Bertz CT molecular complexity index is 849. The second kappa shape index (κ2) is 7.25. The second-order valence-electron chi connectivity index (χ2n) is 8.15. The molecular weight excluding hydrogens is 361 g/mol. The first kappa shape index (κ1) is 19.0. The Kier molecular flexibility index (Phi) is 4.93. The lowest BCUT2D eigenvalue weighted by Crippen LogP contribution is -2.31. The van der Waals surface area contributed by atoms with Gasteiger partial charge < -0.3 is 20.5 Å². The average molecular weight is 387 g/mol. The summed E-state index contributed by atoms with van der Waals surface area (Å²) in [5.74, 6) is 0.775. The van der Waals surface area contributed by atoms with Gasteiger partial charge in [0.15, 0.2) is 5.76 Å². The number of anilines is 1. The van der Waals surface area contributed by atoms with Crippen LogP contribution < -0.4 is 10.6 Å². The fourth-order valence-corrected chi connectivity index (χ4v) is 3.61. The van der Waals surface area contributed by atoms with Gasteiger partial charge in [-0.05, 0) is 32.3 Å². The molecule has 7 nitrogen and oxygen atoms in total. The van der Waals surface area contributed by atoms with Crippen molar-refractivity contribution in [1.29, 1.82) is 5.41 Å². The van der Waals surface area contributed by atoms with Crippen LogP contribution in [0.15, 0.2) is 35.6 Å². The average Bonchev–Trinajstić information content (AvgIpc) is 3.22. The Balaban J connectivity index is 1.56. The first-order chi connectivity index (χ1) is 13.4. The van der Waals surface area contributed by atoms with E-state index < -0.39 is 6.04 Å². The van der Waals surface area contributed by atoms with Gasteiger partial charge in [0, 0.05) is 49.7 Å². The van der Waals surface area contributed by atoms with E-state index in [-0.39, 0.29) is 41.8 Å². The number of ether oxygens (including phenoxy) is 1. The molecule has 8 heteroatoms. The number of allylic oxidation sites excluding steroid dienone is 1. The largest absolute Gasteiger partial charge is 0.485 e. The summed E-state index contributed by atoms with van der Waals surface area (Å²) >= 11 is 0. The highest BCUT2D eigenvalue weighted by atomic mass is 19.1. The Hall–Kier alpha value is -2.32. The van der Waals surface area contributed by atoms with Gasteiger partial charge in [-0.2, -0.15) is 0 Å². The smallest absolute Gasteiger partial charge is 0.152 e. The molecule has 28 heavy (non-hydrogen) atoms. The van der Waals surface area contributed by atoms with Crippen LogP contribution in [0.4, 0.5) is 10.2 Å². The second-order valence-corrected chi connectivity index (χ2v) is 8.15. The molecule has 1 saturated carbocycles. The normalized spacial score (nSPS) is 26.3. The van der Waals surface area contributed by atoms with Crippen LogP contribution in [0.2, 0.25) is 0 Å². The third-order valence-corrected chi connectivity index (χ3v) is 5.73. The van der Waals surface area contributed by atoms with E-state index in [0.717, 1.165) is 38.2 Å². The van der Waals surface area contributed by atoms with Crippen LogP contribution in [-0.2, 0) is 4.74 Å². The van der Waals surface area contributed by atoms with Crippen molar-refractivity contribution < 1.29 is 14.2 Å². The highest BCUT2D eigenvalue weighted by Crippen LogP contribution is 2.42. The Labute approximate surface area is 163 Å². The zero-order valence-electron chi connectivity index (χ0n) is 16.0. The van der Waals surface area contributed by atoms with Crippen molar-refractivity contribution in [2.45, 2.75) is 44.2 Å². The molecule has 1 aliphatic heterocycles. The molecule has 3 aliphatic rings. The molecule has 0 radical (unpaired) electrons. The van der Waals surface area contributed by atoms with E-state index in [4.69, 9.17) is 15.9 Å². The fraction of sp³-hybridized carbons (Fsp3) is 0.550. The van der Waals surface area contributed by atoms with Gasteiger partial charge in [0.25, 0.3) is 0 Å². The van der Waals surface area contributed by atoms with E-state index in [2.05, 4.69) is 14.9 Å². The van der Waals surface area contributed by atoms with Crippen LogP contribution in [0, 0.1) is 11.3 Å². The number of nitrogens with one attached hydrogen (secondary N) is 1. The van der Waals surface area contributed by atoms with Gasteiger partial charge in [0.2, 0.25) is 0 Å². The summed E-state index contributed by atoms with van der Waals surface area (Å²) in [6, 6.07) is 1.14. The molecule has 1 aromatic rings. The first-order valence-corrected chi connectivity index (χ1v) is 9.70. The summed E-state index contributed by atoms with van der Waals surface area (Å²) in [6.45, 7) is 3.65. The van der Waals surface area contributed by atoms with Crippen LogP contribution in [-0.4, -0.2) is 52.1 Å². The molecule has 1 saturated heterocycles. The van der Waals surface area contributed by atoms with Gasteiger partial charge in [-0.15, -0.1) is 0 Å². The van der Waals surface area contributed by atoms with Gasteiger partial charge in [-0.1, -0.05) is 0 Å². The maximum absolute atomic E-state index is 14.3. The first-order valence-electron chi connectivity index (χ1n) is 9.70. The van der Waals surface area contributed by atoms with Gasteiger partial charge in [-0.25, -0.2) is 14.4 Å². The maximum atomic E-state index is 14.3. The summed E-state index contributed by atoms with van der Waals surface area (Å²) in [6.07, 6.45) is 5.70. The minimum atomic E-state index is -0.615. The monoisotopic (exact) mass is 387 g/mol. The molecule has 2 heterocycles. The van der Waals surface area contributed by atoms with Crippen molar-refractivity contribution in [3.63, 3.8) is 0 Å². The number of nitrogens with zero attached hydrogens (tertiary/aromatic N) is 3. The number of hydrogen-bond acceptors (Lipinski definition) is 7. The number of aliphatic hydroxyl groups is 1. The maximum Gasteiger partial charge on any atom is 0.152 e. The summed E-state index contributed by atoms with van der Waals surface area (Å²) in [5.41, 5.74) is 6.93. The zero-order valence-corrected chi connectivity index (χ0v) is 16.0. The summed E-state index contributed by atoms with van der Waals surface area (Å²) < 4.78 is 20.1. The van der Waals surface area contributed by atoms with Crippen LogP contribution in [0.25, 0.3) is 0 Å². The molecule has 2 aliphatic carbocycles. The molecule has 0 bridgehead atoms. The predicted octanol–water partition coefficient (Wildman–Crippen LogP) is 2.07. The molecule has 0 aromatic carbocycles. The molecule has 1 aromatic heterocycles. The minimum absolute atomic E-state index is 0.0157. The van der Waals surface area contributed by atoms with E-state index in [9.17, 15) is 9.50 Å². The molecule has 4 rings (SSSR count). The van der Waals surface area contributed by atoms with Crippen molar-refractivity contribution in [1.82, 2.24) is 9.97 Å². The Morgan fingerprint density at radius 2 is 2.25 bits per heavy atom. The molecule has 4 N–H and O–H groups in total. The lowest BCUT2D eigenvalue weighted by Gasteiger charge is -2.24. The summed E-state index contributed by atoms with van der Waals surface area (Å²) in [7, 11) is 0. The molecular formula is C20H26FN5O2. The molecule has 2 atom stereocenters. The molecule has 2 fully saturated rings. The molecule has 0 spiro atoms. The molecule has 0 amide bonds. The number of rotatable bonds is 6. The van der Waals surface area contributed by atoms with Crippen molar-refractivity contribution in [2.24, 2.45) is 11.7 Å². The van der Waals surface area contributed by atoms with Crippen LogP contribution in [0.5, 0.6) is 0 Å².